The first-order chi connectivity index (χ1) is 13.1. The first-order valence-corrected chi connectivity index (χ1v) is 8.73. The average molecular weight is 362 g/mol. The summed E-state index contributed by atoms with van der Waals surface area (Å²) in [5, 5.41) is 6.34. The Kier molecular flexibility index (Phi) is 5.71. The van der Waals surface area contributed by atoms with Crippen molar-refractivity contribution in [3.05, 3.63) is 71.8 Å². The zero-order chi connectivity index (χ0) is 19.2. The van der Waals surface area contributed by atoms with Crippen LogP contribution in [0.4, 0.5) is 0 Å². The fourth-order valence-corrected chi connectivity index (χ4v) is 2.68. The molecule has 0 heterocycles. The van der Waals surface area contributed by atoms with Gasteiger partial charge in [0.2, 0.25) is 0 Å². The van der Waals surface area contributed by atoms with E-state index >= 15 is 0 Å². The molecule has 3 aromatic carbocycles. The second kappa shape index (κ2) is 8.36. The number of carbonyl (C=O) groups excluding carboxylic acids is 1. The first kappa shape index (κ1) is 18.5. The second-order valence-electron chi connectivity index (χ2n) is 6.34. The van der Waals surface area contributed by atoms with Gasteiger partial charge in [-0.05, 0) is 54.4 Å². The molecule has 0 atom stereocenters. The van der Waals surface area contributed by atoms with Gasteiger partial charge < -0.3 is 9.47 Å². The summed E-state index contributed by atoms with van der Waals surface area (Å²) in [6, 6.07) is 19.1. The number of hydrazone groups is 1. The summed E-state index contributed by atoms with van der Waals surface area (Å²) in [5.74, 6) is 0.792. The van der Waals surface area contributed by atoms with Gasteiger partial charge in [0.15, 0.2) is 11.5 Å². The minimum absolute atomic E-state index is 0.0186. The van der Waals surface area contributed by atoms with E-state index in [1.807, 2.05) is 50.2 Å². The zero-order valence-electron chi connectivity index (χ0n) is 15.6. The SMILES string of the molecule is COc1cc(C(=O)N/N=C\c2ccc3ccccc3c2)ccc1OC(C)C. The standard InChI is InChI=1S/C22H22N2O3/c1-15(2)27-20-11-10-19(13-21(20)26-3)22(25)24-23-14-16-8-9-17-6-4-5-7-18(17)12-16/h4-15H,1-3H3,(H,24,25)/b23-14-. The van der Waals surface area contributed by atoms with Gasteiger partial charge in [-0.3, -0.25) is 4.79 Å². The van der Waals surface area contributed by atoms with E-state index < -0.39 is 0 Å². The highest BCUT2D eigenvalue weighted by atomic mass is 16.5. The lowest BCUT2D eigenvalue weighted by molar-refractivity contribution is 0.0954. The van der Waals surface area contributed by atoms with Crippen LogP contribution in [0.2, 0.25) is 0 Å². The fourth-order valence-electron chi connectivity index (χ4n) is 2.68. The van der Waals surface area contributed by atoms with E-state index in [0.29, 0.717) is 17.1 Å². The van der Waals surface area contributed by atoms with Crippen molar-refractivity contribution >= 4 is 22.9 Å². The number of hydrogen-bond donors (Lipinski definition) is 1. The third-order valence-electron chi connectivity index (χ3n) is 3.94. The van der Waals surface area contributed by atoms with Crippen molar-refractivity contribution in [1.29, 1.82) is 0 Å². The van der Waals surface area contributed by atoms with Crippen molar-refractivity contribution in [2.75, 3.05) is 7.11 Å². The summed E-state index contributed by atoms with van der Waals surface area (Å²) in [6.45, 7) is 3.86. The molecule has 3 aromatic rings. The van der Waals surface area contributed by atoms with Crippen LogP contribution in [0.25, 0.3) is 10.8 Å². The molecule has 138 valence electrons. The molecule has 0 aliphatic rings. The van der Waals surface area contributed by atoms with E-state index in [1.54, 1.807) is 31.5 Å². The average Bonchev–Trinajstić information content (AvgIpc) is 2.67. The van der Waals surface area contributed by atoms with Crippen LogP contribution in [0.5, 0.6) is 11.5 Å². The molecule has 27 heavy (non-hydrogen) atoms. The molecule has 1 amide bonds. The maximum Gasteiger partial charge on any atom is 0.271 e. The first-order valence-electron chi connectivity index (χ1n) is 8.73. The van der Waals surface area contributed by atoms with Crippen LogP contribution in [0.1, 0.15) is 29.8 Å². The van der Waals surface area contributed by atoms with Crippen LogP contribution < -0.4 is 14.9 Å². The molecule has 1 N–H and O–H groups in total. The minimum Gasteiger partial charge on any atom is -0.493 e. The third-order valence-corrected chi connectivity index (χ3v) is 3.94. The lowest BCUT2D eigenvalue weighted by Gasteiger charge is -2.14. The van der Waals surface area contributed by atoms with Gasteiger partial charge in [-0.15, -0.1) is 0 Å². The van der Waals surface area contributed by atoms with Crippen molar-refractivity contribution in [1.82, 2.24) is 5.43 Å². The number of fused-ring (bicyclic) bond motifs is 1. The van der Waals surface area contributed by atoms with Crippen LogP contribution in [-0.2, 0) is 0 Å². The molecule has 0 spiro atoms. The van der Waals surface area contributed by atoms with Gasteiger partial charge >= 0.3 is 0 Å². The fraction of sp³-hybridized carbons (Fsp3) is 0.182. The van der Waals surface area contributed by atoms with Crippen LogP contribution in [-0.4, -0.2) is 25.3 Å². The normalized spacial score (nSPS) is 11.1. The highest BCUT2D eigenvalue weighted by molar-refractivity contribution is 5.96. The van der Waals surface area contributed by atoms with Crippen LogP contribution in [0, 0.1) is 0 Å². The zero-order valence-corrected chi connectivity index (χ0v) is 15.6. The molecule has 0 saturated heterocycles. The number of nitrogens with one attached hydrogen (secondary N) is 1. The third kappa shape index (κ3) is 4.64. The summed E-state index contributed by atoms with van der Waals surface area (Å²) in [6.07, 6.45) is 1.64. The number of nitrogens with zero attached hydrogens (tertiary/aromatic N) is 1. The molecular weight excluding hydrogens is 340 g/mol. The van der Waals surface area contributed by atoms with E-state index in [-0.39, 0.29) is 12.0 Å². The number of methoxy groups -OCH3 is 1. The van der Waals surface area contributed by atoms with E-state index in [9.17, 15) is 4.79 Å². The molecule has 0 bridgehead atoms. The number of carbonyl (C=O) groups is 1. The summed E-state index contributed by atoms with van der Waals surface area (Å²) in [4.78, 5) is 12.3. The van der Waals surface area contributed by atoms with Crippen molar-refractivity contribution in [2.45, 2.75) is 20.0 Å². The van der Waals surface area contributed by atoms with Crippen LogP contribution >= 0.6 is 0 Å². The molecule has 0 fully saturated rings. The Morgan fingerprint density at radius 1 is 1.00 bits per heavy atom. The van der Waals surface area contributed by atoms with Gasteiger partial charge in [0.25, 0.3) is 5.91 Å². The Labute approximate surface area is 158 Å². The lowest BCUT2D eigenvalue weighted by Crippen LogP contribution is -2.18. The van der Waals surface area contributed by atoms with Gasteiger partial charge in [-0.2, -0.15) is 5.10 Å². The molecule has 0 saturated carbocycles. The Balaban J connectivity index is 1.70. The Bertz CT molecular complexity index is 980. The van der Waals surface area contributed by atoms with Gasteiger partial charge in [0, 0.05) is 5.56 Å². The molecule has 0 unspecified atom stereocenters. The summed E-state index contributed by atoms with van der Waals surface area (Å²) >= 11 is 0. The molecule has 0 aromatic heterocycles. The van der Waals surface area contributed by atoms with Crippen molar-refractivity contribution in [3.63, 3.8) is 0 Å². The van der Waals surface area contributed by atoms with Crippen LogP contribution in [0.15, 0.2) is 65.8 Å². The Morgan fingerprint density at radius 2 is 1.78 bits per heavy atom. The number of rotatable bonds is 6. The molecule has 0 aliphatic heterocycles. The Morgan fingerprint density at radius 3 is 2.52 bits per heavy atom. The topological polar surface area (TPSA) is 59.9 Å². The summed E-state index contributed by atoms with van der Waals surface area (Å²) in [7, 11) is 1.54. The van der Waals surface area contributed by atoms with E-state index in [1.165, 1.54) is 0 Å². The number of amides is 1. The highest BCUT2D eigenvalue weighted by Crippen LogP contribution is 2.28. The molecule has 5 heteroatoms. The van der Waals surface area contributed by atoms with Crippen molar-refractivity contribution in [2.24, 2.45) is 5.10 Å². The van der Waals surface area contributed by atoms with E-state index in [2.05, 4.69) is 16.6 Å². The van der Waals surface area contributed by atoms with Crippen LogP contribution in [0.3, 0.4) is 0 Å². The minimum atomic E-state index is -0.318. The quantitative estimate of drug-likeness (QED) is 0.522. The molecule has 0 aliphatic carbocycles. The summed E-state index contributed by atoms with van der Waals surface area (Å²) in [5.41, 5.74) is 3.89. The maximum atomic E-state index is 12.3. The van der Waals surface area contributed by atoms with Gasteiger partial charge in [-0.1, -0.05) is 36.4 Å². The Hall–Kier alpha value is -3.34. The van der Waals surface area contributed by atoms with Gasteiger partial charge in [0.05, 0.1) is 19.4 Å². The predicted octanol–water partition coefficient (Wildman–Crippen LogP) is 4.40. The number of benzene rings is 3. The molecule has 0 radical (unpaired) electrons. The molecular formula is C22H22N2O3. The van der Waals surface area contributed by atoms with E-state index in [4.69, 9.17) is 9.47 Å². The number of hydrogen-bond acceptors (Lipinski definition) is 4. The predicted molar refractivity (Wildman–Crippen MR) is 108 cm³/mol. The lowest BCUT2D eigenvalue weighted by atomic mass is 10.1. The molecule has 3 rings (SSSR count). The largest absolute Gasteiger partial charge is 0.493 e. The van der Waals surface area contributed by atoms with Crippen molar-refractivity contribution < 1.29 is 14.3 Å². The monoisotopic (exact) mass is 362 g/mol. The molecule has 5 nitrogen and oxygen atoms in total. The van der Waals surface area contributed by atoms with Gasteiger partial charge in [-0.25, -0.2) is 5.43 Å². The van der Waals surface area contributed by atoms with Gasteiger partial charge in [0.1, 0.15) is 0 Å². The smallest absolute Gasteiger partial charge is 0.271 e. The van der Waals surface area contributed by atoms with Crippen molar-refractivity contribution in [3.8, 4) is 11.5 Å². The summed E-state index contributed by atoms with van der Waals surface area (Å²) < 4.78 is 11.0. The number of ether oxygens (including phenoxy) is 2. The maximum absolute atomic E-state index is 12.3. The van der Waals surface area contributed by atoms with E-state index in [0.717, 1.165) is 16.3 Å². The second-order valence-corrected chi connectivity index (χ2v) is 6.34. The highest BCUT2D eigenvalue weighted by Gasteiger charge is 2.11.